The fraction of sp³-hybridized carbons (Fsp3) is 0.611. The van der Waals surface area contributed by atoms with Gasteiger partial charge in [0.05, 0.1) is 19.1 Å². The topological polar surface area (TPSA) is 88.7 Å². The molecule has 1 amide bonds. The molecule has 1 N–H and O–H groups in total. The van der Waals surface area contributed by atoms with Crippen molar-refractivity contribution in [2.45, 2.75) is 51.6 Å². The summed E-state index contributed by atoms with van der Waals surface area (Å²) in [5.74, 6) is -0.298. The second-order valence-corrected chi connectivity index (χ2v) is 6.67. The third-order valence-electron chi connectivity index (χ3n) is 5.61. The molecule has 0 aliphatic carbocycles. The Morgan fingerprint density at radius 3 is 2.72 bits per heavy atom. The molecule has 0 aromatic carbocycles. The van der Waals surface area contributed by atoms with Gasteiger partial charge in [-0.1, -0.05) is 6.92 Å². The van der Waals surface area contributed by atoms with Crippen LogP contribution in [0.25, 0.3) is 0 Å². The molecule has 0 radical (unpaired) electrons. The van der Waals surface area contributed by atoms with E-state index in [1.165, 1.54) is 19.4 Å². The first-order chi connectivity index (χ1) is 12.0. The second kappa shape index (κ2) is 6.54. The number of hydrogen-bond acceptors (Lipinski definition) is 5. The number of fused-ring (bicyclic) bond motifs is 2. The minimum absolute atomic E-state index is 0.00691. The predicted octanol–water partition coefficient (Wildman–Crippen LogP) is 1.72. The summed E-state index contributed by atoms with van der Waals surface area (Å²) in [6.07, 6.45) is 4.31. The standard InChI is InChI=1S/C18H24N2O5/c1-4-18(17(23)25-5-2)9-11-6-7-15(18)20(11)16(22)12-8-13(21)14(24-3)10-19-12/h8,10-11,15H,4-7,9H2,1-3H3,(H,19,21)/t11-,15+,18+/m1/s1. The van der Waals surface area contributed by atoms with Crippen molar-refractivity contribution >= 4 is 11.9 Å². The average Bonchev–Trinajstić information content (AvgIpc) is 3.17. The number of nitrogens with zero attached hydrogens (tertiary/aromatic N) is 1. The molecule has 2 aliphatic rings. The van der Waals surface area contributed by atoms with Gasteiger partial charge >= 0.3 is 5.97 Å². The number of pyridine rings is 1. The number of nitrogens with one attached hydrogen (secondary N) is 1. The van der Waals surface area contributed by atoms with Crippen LogP contribution in [0.4, 0.5) is 0 Å². The highest BCUT2D eigenvalue weighted by Gasteiger charge is 2.61. The van der Waals surface area contributed by atoms with Gasteiger partial charge in [0, 0.05) is 24.3 Å². The minimum atomic E-state index is -0.638. The normalized spacial score (nSPS) is 27.4. The van der Waals surface area contributed by atoms with Crippen molar-refractivity contribution in [3.05, 3.63) is 28.2 Å². The van der Waals surface area contributed by atoms with Gasteiger partial charge in [-0.3, -0.25) is 14.4 Å². The lowest BCUT2D eigenvalue weighted by Crippen LogP contribution is -2.45. The second-order valence-electron chi connectivity index (χ2n) is 6.67. The molecular formula is C18H24N2O5. The van der Waals surface area contributed by atoms with Gasteiger partial charge in [-0.15, -0.1) is 0 Å². The number of aromatic nitrogens is 1. The van der Waals surface area contributed by atoms with Crippen molar-refractivity contribution in [2.75, 3.05) is 13.7 Å². The largest absolute Gasteiger partial charge is 0.491 e. The number of aromatic amines is 1. The molecule has 0 saturated carbocycles. The lowest BCUT2D eigenvalue weighted by Gasteiger charge is -2.34. The molecule has 7 nitrogen and oxygen atoms in total. The maximum Gasteiger partial charge on any atom is 0.314 e. The summed E-state index contributed by atoms with van der Waals surface area (Å²) in [6, 6.07) is 1.09. The first-order valence-corrected chi connectivity index (χ1v) is 8.75. The first kappa shape index (κ1) is 17.5. The summed E-state index contributed by atoms with van der Waals surface area (Å²) in [4.78, 5) is 42.2. The van der Waals surface area contributed by atoms with E-state index in [2.05, 4.69) is 4.98 Å². The van der Waals surface area contributed by atoms with Crippen LogP contribution in [0, 0.1) is 5.41 Å². The summed E-state index contributed by atoms with van der Waals surface area (Å²) < 4.78 is 10.2. The van der Waals surface area contributed by atoms with Crippen molar-refractivity contribution in [1.82, 2.24) is 9.88 Å². The highest BCUT2D eigenvalue weighted by Crippen LogP contribution is 2.52. The maximum atomic E-state index is 13.0. The summed E-state index contributed by atoms with van der Waals surface area (Å²) in [6.45, 7) is 4.09. The van der Waals surface area contributed by atoms with Gasteiger partial charge in [-0.05, 0) is 32.6 Å². The summed E-state index contributed by atoms with van der Waals surface area (Å²) in [5, 5.41) is 0. The highest BCUT2D eigenvalue weighted by atomic mass is 16.5. The predicted molar refractivity (Wildman–Crippen MR) is 90.6 cm³/mol. The van der Waals surface area contributed by atoms with Gasteiger partial charge in [0.2, 0.25) is 5.43 Å². The maximum absolute atomic E-state index is 13.0. The van der Waals surface area contributed by atoms with Crippen molar-refractivity contribution in [3.8, 4) is 5.75 Å². The molecule has 3 heterocycles. The number of ether oxygens (including phenoxy) is 2. The highest BCUT2D eigenvalue weighted by molar-refractivity contribution is 5.94. The van der Waals surface area contributed by atoms with Gasteiger partial charge < -0.3 is 19.4 Å². The zero-order valence-electron chi connectivity index (χ0n) is 14.8. The van der Waals surface area contributed by atoms with Gasteiger partial charge in [0.25, 0.3) is 5.91 Å². The van der Waals surface area contributed by atoms with Crippen molar-refractivity contribution < 1.29 is 19.1 Å². The van der Waals surface area contributed by atoms with Gasteiger partial charge in [-0.2, -0.15) is 0 Å². The van der Waals surface area contributed by atoms with E-state index in [4.69, 9.17) is 9.47 Å². The Balaban J connectivity index is 1.91. The van der Waals surface area contributed by atoms with Gasteiger partial charge in [0.15, 0.2) is 5.75 Å². The van der Waals surface area contributed by atoms with E-state index in [-0.39, 0.29) is 40.8 Å². The average molecular weight is 348 g/mol. The van der Waals surface area contributed by atoms with E-state index in [0.717, 1.165) is 12.8 Å². The molecule has 3 atom stereocenters. The molecule has 7 heteroatoms. The third kappa shape index (κ3) is 2.62. The van der Waals surface area contributed by atoms with E-state index < -0.39 is 5.41 Å². The molecule has 2 bridgehead atoms. The van der Waals surface area contributed by atoms with Crippen LogP contribution < -0.4 is 10.2 Å². The number of carbonyl (C=O) groups is 2. The van der Waals surface area contributed by atoms with Crippen LogP contribution in [-0.4, -0.2) is 47.6 Å². The zero-order chi connectivity index (χ0) is 18.2. The minimum Gasteiger partial charge on any atom is -0.491 e. The fourth-order valence-corrected chi connectivity index (χ4v) is 4.39. The van der Waals surface area contributed by atoms with E-state index in [1.807, 2.05) is 6.92 Å². The first-order valence-electron chi connectivity index (χ1n) is 8.75. The molecule has 136 valence electrons. The van der Waals surface area contributed by atoms with E-state index >= 15 is 0 Å². The number of amides is 1. The number of hydrogen-bond donors (Lipinski definition) is 1. The molecule has 2 aliphatic heterocycles. The van der Waals surface area contributed by atoms with Gasteiger partial charge in [-0.25, -0.2) is 0 Å². The number of methoxy groups -OCH3 is 1. The molecule has 1 aromatic heterocycles. The van der Waals surface area contributed by atoms with Gasteiger partial charge in [0.1, 0.15) is 5.69 Å². The van der Waals surface area contributed by atoms with Crippen LogP contribution in [0.15, 0.2) is 17.1 Å². The van der Waals surface area contributed by atoms with Crippen molar-refractivity contribution in [2.24, 2.45) is 5.41 Å². The lowest BCUT2D eigenvalue weighted by molar-refractivity contribution is -0.157. The van der Waals surface area contributed by atoms with Crippen LogP contribution in [0.1, 0.15) is 50.0 Å². The summed E-state index contributed by atoms with van der Waals surface area (Å²) in [5.41, 5.74) is -0.761. The third-order valence-corrected chi connectivity index (χ3v) is 5.61. The smallest absolute Gasteiger partial charge is 0.314 e. The molecule has 0 spiro atoms. The Bertz CT molecular complexity index is 743. The molecule has 1 aromatic rings. The van der Waals surface area contributed by atoms with E-state index in [1.54, 1.807) is 11.8 Å². The number of rotatable bonds is 5. The monoisotopic (exact) mass is 348 g/mol. The molecule has 0 unspecified atom stereocenters. The Morgan fingerprint density at radius 2 is 2.12 bits per heavy atom. The fourth-order valence-electron chi connectivity index (χ4n) is 4.39. The quantitative estimate of drug-likeness (QED) is 0.819. The summed E-state index contributed by atoms with van der Waals surface area (Å²) in [7, 11) is 1.40. The van der Waals surface area contributed by atoms with Crippen molar-refractivity contribution in [1.29, 1.82) is 0 Å². The van der Waals surface area contributed by atoms with Crippen molar-refractivity contribution in [3.63, 3.8) is 0 Å². The SMILES string of the molecule is CCOC(=O)[C@@]1(CC)C[C@H]2CC[C@@H]1N2C(=O)c1cc(=O)c(OC)c[nH]1. The molecule has 3 rings (SSSR count). The van der Waals surface area contributed by atoms with Crippen LogP contribution in [0.2, 0.25) is 0 Å². The van der Waals surface area contributed by atoms with Crippen LogP contribution >= 0.6 is 0 Å². The summed E-state index contributed by atoms with van der Waals surface area (Å²) >= 11 is 0. The Labute approximate surface area is 146 Å². The van der Waals surface area contributed by atoms with Crippen LogP contribution in [-0.2, 0) is 9.53 Å². The number of carbonyl (C=O) groups excluding carboxylic acids is 2. The Hall–Kier alpha value is -2.31. The van der Waals surface area contributed by atoms with Crippen LogP contribution in [0.5, 0.6) is 5.75 Å². The number of H-pyrrole nitrogens is 1. The molecular weight excluding hydrogens is 324 g/mol. The number of esters is 1. The molecule has 2 fully saturated rings. The zero-order valence-corrected chi connectivity index (χ0v) is 14.8. The molecule has 25 heavy (non-hydrogen) atoms. The lowest BCUT2D eigenvalue weighted by atomic mass is 9.72. The Kier molecular flexibility index (Phi) is 4.58. The molecule has 2 saturated heterocycles. The Morgan fingerprint density at radius 1 is 1.36 bits per heavy atom. The van der Waals surface area contributed by atoms with Crippen LogP contribution in [0.3, 0.4) is 0 Å². The van der Waals surface area contributed by atoms with E-state index in [9.17, 15) is 14.4 Å². The van der Waals surface area contributed by atoms with E-state index in [0.29, 0.717) is 19.4 Å².